The molecule has 0 saturated heterocycles. The molecule has 0 fully saturated rings. The number of hydrogen-bond acceptors (Lipinski definition) is 4. The van der Waals surface area contributed by atoms with Gasteiger partial charge in [0.2, 0.25) is 0 Å². The lowest BCUT2D eigenvalue weighted by molar-refractivity contribution is 0.856. The highest BCUT2D eigenvalue weighted by molar-refractivity contribution is 7.16. The number of rotatable bonds is 3. The van der Waals surface area contributed by atoms with Crippen molar-refractivity contribution in [3.63, 3.8) is 0 Å². The summed E-state index contributed by atoms with van der Waals surface area (Å²) in [6, 6.07) is 10.3. The normalized spacial score (nSPS) is 10.7. The van der Waals surface area contributed by atoms with Crippen LogP contribution in [0.2, 0.25) is 0 Å². The number of benzene rings is 1. The summed E-state index contributed by atoms with van der Waals surface area (Å²) in [6.45, 7) is 2.75. The summed E-state index contributed by atoms with van der Waals surface area (Å²) in [4.78, 5) is 4.27. The van der Waals surface area contributed by atoms with Gasteiger partial charge in [0.1, 0.15) is 11.8 Å². The van der Waals surface area contributed by atoms with E-state index in [1.165, 1.54) is 4.70 Å². The third kappa shape index (κ3) is 2.15. The molecule has 0 radical (unpaired) electrons. The average molecular weight is 282 g/mol. The van der Waals surface area contributed by atoms with E-state index >= 15 is 0 Å². The quantitative estimate of drug-likeness (QED) is 0.800. The van der Waals surface area contributed by atoms with Gasteiger partial charge in [-0.25, -0.2) is 4.98 Å². The van der Waals surface area contributed by atoms with E-state index in [4.69, 9.17) is 5.26 Å². The molecule has 0 aliphatic carbocycles. The summed E-state index contributed by atoms with van der Waals surface area (Å²) >= 11 is 1.64. The Balaban J connectivity index is 1.81. The van der Waals surface area contributed by atoms with Gasteiger partial charge in [0, 0.05) is 25.0 Å². The first-order chi connectivity index (χ1) is 9.69. The Bertz CT molecular complexity index is 807. The van der Waals surface area contributed by atoms with Gasteiger partial charge in [-0.2, -0.15) is 5.26 Å². The van der Waals surface area contributed by atoms with Crippen LogP contribution in [0.3, 0.4) is 0 Å². The summed E-state index contributed by atoms with van der Waals surface area (Å²) in [6.07, 6.45) is 0. The van der Waals surface area contributed by atoms with Crippen LogP contribution in [0.25, 0.3) is 10.2 Å². The van der Waals surface area contributed by atoms with Gasteiger partial charge >= 0.3 is 0 Å². The molecule has 0 aliphatic rings. The lowest BCUT2D eigenvalue weighted by Gasteiger charge is -2.06. The molecular formula is C15H14N4S. The maximum atomic E-state index is 9.04. The second-order valence-corrected chi connectivity index (χ2v) is 5.59. The Morgan fingerprint density at radius 3 is 3.00 bits per heavy atom. The Kier molecular flexibility index (Phi) is 3.17. The van der Waals surface area contributed by atoms with E-state index in [9.17, 15) is 0 Å². The second-order valence-electron chi connectivity index (χ2n) is 4.70. The molecule has 0 spiro atoms. The first-order valence-corrected chi connectivity index (χ1v) is 7.19. The number of aromatic nitrogens is 2. The average Bonchev–Trinajstić information content (AvgIpc) is 3.03. The van der Waals surface area contributed by atoms with Crippen molar-refractivity contribution in [2.45, 2.75) is 13.5 Å². The number of nitrogens with one attached hydrogen (secondary N) is 1. The van der Waals surface area contributed by atoms with Crippen LogP contribution < -0.4 is 5.32 Å². The molecule has 0 saturated carbocycles. The number of nitrogens with zero attached hydrogens (tertiary/aromatic N) is 3. The number of nitriles is 1. The van der Waals surface area contributed by atoms with Gasteiger partial charge in [-0.05, 0) is 36.8 Å². The SMILES string of the molecule is Cc1c(CNc2ccc3ncsc3c2)cc(C#N)n1C. The van der Waals surface area contributed by atoms with Crippen LogP contribution >= 0.6 is 11.3 Å². The molecular weight excluding hydrogens is 268 g/mol. The number of fused-ring (bicyclic) bond motifs is 1. The predicted octanol–water partition coefficient (Wildman–Crippen LogP) is 3.43. The van der Waals surface area contributed by atoms with E-state index in [0.717, 1.165) is 22.5 Å². The van der Waals surface area contributed by atoms with Gasteiger partial charge in [-0.15, -0.1) is 11.3 Å². The zero-order valence-corrected chi connectivity index (χ0v) is 12.2. The van der Waals surface area contributed by atoms with Gasteiger partial charge in [-0.3, -0.25) is 0 Å². The van der Waals surface area contributed by atoms with Gasteiger partial charge in [-0.1, -0.05) is 0 Å². The summed E-state index contributed by atoms with van der Waals surface area (Å²) in [7, 11) is 1.92. The van der Waals surface area contributed by atoms with Crippen LogP contribution in [0.4, 0.5) is 5.69 Å². The zero-order chi connectivity index (χ0) is 14.1. The number of thiazole rings is 1. The molecule has 1 N–H and O–H groups in total. The van der Waals surface area contributed by atoms with Crippen molar-refractivity contribution in [1.29, 1.82) is 5.26 Å². The lowest BCUT2D eigenvalue weighted by Crippen LogP contribution is -2.01. The van der Waals surface area contributed by atoms with E-state index in [1.54, 1.807) is 11.3 Å². The molecule has 2 aromatic heterocycles. The van der Waals surface area contributed by atoms with E-state index < -0.39 is 0 Å². The van der Waals surface area contributed by atoms with Gasteiger partial charge in [0.15, 0.2) is 0 Å². The maximum Gasteiger partial charge on any atom is 0.120 e. The molecule has 100 valence electrons. The fourth-order valence-corrected chi connectivity index (χ4v) is 2.93. The van der Waals surface area contributed by atoms with Crippen molar-refractivity contribution in [3.05, 3.63) is 46.7 Å². The van der Waals surface area contributed by atoms with Crippen LogP contribution in [0.1, 0.15) is 17.0 Å². The molecule has 0 bridgehead atoms. The van der Waals surface area contributed by atoms with Crippen molar-refractivity contribution in [2.24, 2.45) is 7.05 Å². The van der Waals surface area contributed by atoms with Gasteiger partial charge in [0.05, 0.1) is 15.7 Å². The third-order valence-electron chi connectivity index (χ3n) is 3.57. The highest BCUT2D eigenvalue weighted by atomic mass is 32.1. The third-order valence-corrected chi connectivity index (χ3v) is 4.36. The molecule has 5 heteroatoms. The van der Waals surface area contributed by atoms with Crippen LogP contribution in [0, 0.1) is 18.3 Å². The molecule has 1 aromatic carbocycles. The molecule has 0 unspecified atom stereocenters. The molecule has 0 amide bonds. The van der Waals surface area contributed by atoms with Gasteiger partial charge < -0.3 is 9.88 Å². The van der Waals surface area contributed by atoms with Crippen molar-refractivity contribution in [3.8, 4) is 6.07 Å². The largest absolute Gasteiger partial charge is 0.381 e. The molecule has 3 rings (SSSR count). The molecule has 0 aliphatic heterocycles. The van der Waals surface area contributed by atoms with E-state index in [-0.39, 0.29) is 0 Å². The smallest absolute Gasteiger partial charge is 0.120 e. The van der Waals surface area contributed by atoms with E-state index in [0.29, 0.717) is 12.2 Å². The molecule has 20 heavy (non-hydrogen) atoms. The Labute approximate surface area is 121 Å². The summed E-state index contributed by atoms with van der Waals surface area (Å²) in [5.74, 6) is 0. The minimum Gasteiger partial charge on any atom is -0.381 e. The topological polar surface area (TPSA) is 53.6 Å². The maximum absolute atomic E-state index is 9.04. The Hall–Kier alpha value is -2.32. The highest BCUT2D eigenvalue weighted by Crippen LogP contribution is 2.23. The fraction of sp³-hybridized carbons (Fsp3) is 0.200. The van der Waals surface area contributed by atoms with Crippen LogP contribution in [0.15, 0.2) is 29.8 Å². The zero-order valence-electron chi connectivity index (χ0n) is 11.3. The van der Waals surface area contributed by atoms with Crippen molar-refractivity contribution >= 4 is 27.2 Å². The van der Waals surface area contributed by atoms with Crippen molar-refractivity contribution < 1.29 is 0 Å². The standard InChI is InChI=1S/C15H14N4S/c1-10-11(5-13(7-16)19(10)2)8-17-12-3-4-14-15(6-12)20-9-18-14/h3-6,9,17H,8H2,1-2H3. The second kappa shape index (κ2) is 4.99. The Morgan fingerprint density at radius 1 is 1.40 bits per heavy atom. The first-order valence-electron chi connectivity index (χ1n) is 6.31. The van der Waals surface area contributed by atoms with E-state index in [1.807, 2.05) is 42.2 Å². The molecule has 0 atom stereocenters. The minimum atomic E-state index is 0.692. The van der Waals surface area contributed by atoms with Crippen LogP contribution in [-0.4, -0.2) is 9.55 Å². The van der Waals surface area contributed by atoms with Crippen LogP contribution in [0.5, 0.6) is 0 Å². The number of hydrogen-bond donors (Lipinski definition) is 1. The lowest BCUT2D eigenvalue weighted by atomic mass is 10.2. The number of anilines is 1. The molecule has 2 heterocycles. The summed E-state index contributed by atoms with van der Waals surface area (Å²) < 4.78 is 3.10. The molecule has 4 nitrogen and oxygen atoms in total. The molecule has 3 aromatic rings. The first kappa shape index (κ1) is 12.7. The minimum absolute atomic E-state index is 0.692. The summed E-state index contributed by atoms with van der Waals surface area (Å²) in [5.41, 5.74) is 6.92. The monoisotopic (exact) mass is 282 g/mol. The van der Waals surface area contributed by atoms with Gasteiger partial charge in [0.25, 0.3) is 0 Å². The van der Waals surface area contributed by atoms with Crippen LogP contribution in [-0.2, 0) is 13.6 Å². The predicted molar refractivity (Wildman–Crippen MR) is 81.8 cm³/mol. The fourth-order valence-electron chi connectivity index (χ4n) is 2.21. The Morgan fingerprint density at radius 2 is 2.25 bits per heavy atom. The van der Waals surface area contributed by atoms with Crippen molar-refractivity contribution in [2.75, 3.05) is 5.32 Å². The highest BCUT2D eigenvalue weighted by Gasteiger charge is 2.08. The van der Waals surface area contributed by atoms with E-state index in [2.05, 4.69) is 22.4 Å². The van der Waals surface area contributed by atoms with Crippen molar-refractivity contribution in [1.82, 2.24) is 9.55 Å². The summed E-state index contributed by atoms with van der Waals surface area (Å²) in [5, 5.41) is 12.4.